The Hall–Kier alpha value is -1.99. The zero-order chi connectivity index (χ0) is 11.8. The number of halogens is 3. The first-order valence-electron chi connectivity index (χ1n) is 4.16. The van der Waals surface area contributed by atoms with Gasteiger partial charge in [0, 0.05) is 6.20 Å². The topological polar surface area (TPSA) is 64.7 Å². The lowest BCUT2D eigenvalue weighted by molar-refractivity contribution is -0.156. The molecule has 0 fully saturated rings. The second-order valence-electron chi connectivity index (χ2n) is 2.96. The van der Waals surface area contributed by atoms with E-state index in [2.05, 4.69) is 24.6 Å². The average Bonchev–Trinajstić information content (AvgIpc) is 2.65. The van der Waals surface area contributed by atoms with Gasteiger partial charge in [0.1, 0.15) is 5.69 Å². The number of rotatable bonds is 1. The highest BCUT2D eigenvalue weighted by atomic mass is 19.4. The number of aryl methyl sites for hydroxylation is 1. The predicted molar refractivity (Wildman–Crippen MR) is 45.1 cm³/mol. The van der Waals surface area contributed by atoms with Gasteiger partial charge >= 0.3 is 12.1 Å². The monoisotopic (exact) mass is 230 g/mol. The smallest absolute Gasteiger partial charge is 0.411 e. The van der Waals surface area contributed by atoms with E-state index in [0.29, 0.717) is 5.69 Å². The Morgan fingerprint density at radius 3 is 2.50 bits per heavy atom. The SMILES string of the molecule is Cc1cncc(-c2nnc(C(F)(F)F)o2)n1. The first-order chi connectivity index (χ1) is 7.47. The number of nitrogens with zero attached hydrogens (tertiary/aromatic N) is 4. The summed E-state index contributed by atoms with van der Waals surface area (Å²) in [5.41, 5.74) is 0.659. The van der Waals surface area contributed by atoms with Crippen molar-refractivity contribution in [2.45, 2.75) is 13.1 Å². The van der Waals surface area contributed by atoms with E-state index in [1.54, 1.807) is 6.92 Å². The summed E-state index contributed by atoms with van der Waals surface area (Å²) < 4.78 is 40.9. The molecule has 84 valence electrons. The van der Waals surface area contributed by atoms with E-state index in [0.717, 1.165) is 0 Å². The van der Waals surface area contributed by atoms with Gasteiger partial charge < -0.3 is 4.42 Å². The van der Waals surface area contributed by atoms with Gasteiger partial charge in [-0.25, -0.2) is 4.98 Å². The second-order valence-corrected chi connectivity index (χ2v) is 2.96. The minimum Gasteiger partial charge on any atom is -0.411 e. The first kappa shape index (κ1) is 10.5. The van der Waals surface area contributed by atoms with Crippen LogP contribution in [0.3, 0.4) is 0 Å². The Morgan fingerprint density at radius 1 is 1.19 bits per heavy atom. The molecule has 0 aliphatic rings. The lowest BCUT2D eigenvalue weighted by Crippen LogP contribution is -2.04. The highest BCUT2D eigenvalue weighted by molar-refractivity contribution is 5.43. The van der Waals surface area contributed by atoms with Crippen LogP contribution in [-0.2, 0) is 6.18 Å². The number of aromatic nitrogens is 4. The molecule has 2 aromatic heterocycles. The number of alkyl halides is 3. The first-order valence-corrected chi connectivity index (χ1v) is 4.16. The van der Waals surface area contributed by atoms with E-state index in [-0.39, 0.29) is 11.6 Å². The molecule has 0 radical (unpaired) electrons. The summed E-state index contributed by atoms with van der Waals surface area (Å²) in [5, 5.41) is 6.14. The molecule has 0 amide bonds. The summed E-state index contributed by atoms with van der Waals surface area (Å²) >= 11 is 0. The molecule has 0 spiro atoms. The van der Waals surface area contributed by atoms with Gasteiger partial charge in [0.2, 0.25) is 0 Å². The molecule has 0 saturated heterocycles. The van der Waals surface area contributed by atoms with Crippen LogP contribution in [-0.4, -0.2) is 20.2 Å². The molecule has 0 aromatic carbocycles. The van der Waals surface area contributed by atoms with Gasteiger partial charge in [-0.15, -0.1) is 10.2 Å². The minimum absolute atomic E-state index is 0.114. The van der Waals surface area contributed by atoms with Crippen LogP contribution in [0, 0.1) is 6.92 Å². The molecule has 0 saturated carbocycles. The molecule has 2 aromatic rings. The molecule has 5 nitrogen and oxygen atoms in total. The average molecular weight is 230 g/mol. The van der Waals surface area contributed by atoms with Crippen molar-refractivity contribution in [3.8, 4) is 11.6 Å². The van der Waals surface area contributed by atoms with Crippen molar-refractivity contribution < 1.29 is 17.6 Å². The third-order valence-corrected chi connectivity index (χ3v) is 1.64. The van der Waals surface area contributed by atoms with Crippen LogP contribution in [0.15, 0.2) is 16.8 Å². The van der Waals surface area contributed by atoms with Crippen molar-refractivity contribution in [3.05, 3.63) is 24.0 Å². The van der Waals surface area contributed by atoms with Gasteiger partial charge in [-0.3, -0.25) is 4.98 Å². The van der Waals surface area contributed by atoms with Crippen molar-refractivity contribution >= 4 is 0 Å². The molecular weight excluding hydrogens is 225 g/mol. The Bertz CT molecular complexity index is 508. The molecular formula is C8H5F3N4O. The standard InChI is InChI=1S/C8H5F3N4O/c1-4-2-12-3-5(13-4)6-14-15-7(16-6)8(9,10)11/h2-3H,1H3. The molecule has 0 unspecified atom stereocenters. The van der Waals surface area contributed by atoms with Gasteiger partial charge in [0.25, 0.3) is 5.89 Å². The van der Waals surface area contributed by atoms with Crippen LogP contribution < -0.4 is 0 Å². The summed E-state index contributed by atoms with van der Waals surface area (Å²) in [5.74, 6) is -1.70. The molecule has 8 heteroatoms. The molecule has 0 atom stereocenters. The van der Waals surface area contributed by atoms with Gasteiger partial charge in [-0.2, -0.15) is 13.2 Å². The largest absolute Gasteiger partial charge is 0.470 e. The van der Waals surface area contributed by atoms with Crippen molar-refractivity contribution in [1.29, 1.82) is 0 Å². The highest BCUT2D eigenvalue weighted by Gasteiger charge is 2.38. The van der Waals surface area contributed by atoms with Crippen LogP contribution >= 0.6 is 0 Å². The molecule has 2 rings (SSSR count). The van der Waals surface area contributed by atoms with E-state index >= 15 is 0 Å². The van der Waals surface area contributed by atoms with E-state index in [4.69, 9.17) is 0 Å². The molecule has 2 heterocycles. The van der Waals surface area contributed by atoms with E-state index < -0.39 is 12.1 Å². The highest BCUT2D eigenvalue weighted by Crippen LogP contribution is 2.29. The van der Waals surface area contributed by atoms with Crippen LogP contribution in [0.1, 0.15) is 11.6 Å². The Labute approximate surface area is 87.4 Å². The molecule has 0 bridgehead atoms. The van der Waals surface area contributed by atoms with Crippen molar-refractivity contribution in [1.82, 2.24) is 20.2 Å². The van der Waals surface area contributed by atoms with Gasteiger partial charge in [-0.1, -0.05) is 0 Å². The van der Waals surface area contributed by atoms with E-state index in [9.17, 15) is 13.2 Å². The summed E-state index contributed by atoms with van der Waals surface area (Å²) in [6.07, 6.45) is -1.94. The van der Waals surface area contributed by atoms with Crippen LogP contribution in [0.25, 0.3) is 11.6 Å². The Kier molecular flexibility index (Phi) is 2.33. The maximum atomic E-state index is 12.2. The number of hydrogen-bond donors (Lipinski definition) is 0. The van der Waals surface area contributed by atoms with Gasteiger partial charge in [0.15, 0.2) is 0 Å². The predicted octanol–water partition coefficient (Wildman–Crippen LogP) is 1.85. The minimum atomic E-state index is -4.65. The second kappa shape index (κ2) is 3.54. The third kappa shape index (κ3) is 2.00. The quantitative estimate of drug-likeness (QED) is 0.747. The van der Waals surface area contributed by atoms with E-state index in [1.165, 1.54) is 12.4 Å². The zero-order valence-electron chi connectivity index (χ0n) is 7.99. The van der Waals surface area contributed by atoms with Gasteiger partial charge in [-0.05, 0) is 6.92 Å². The molecule has 0 aliphatic heterocycles. The van der Waals surface area contributed by atoms with Crippen LogP contribution in [0.4, 0.5) is 13.2 Å². The van der Waals surface area contributed by atoms with Crippen LogP contribution in [0.2, 0.25) is 0 Å². The summed E-state index contributed by atoms with van der Waals surface area (Å²) in [7, 11) is 0. The Balaban J connectivity index is 2.39. The summed E-state index contributed by atoms with van der Waals surface area (Å²) in [6.45, 7) is 1.65. The van der Waals surface area contributed by atoms with Crippen LogP contribution in [0.5, 0.6) is 0 Å². The van der Waals surface area contributed by atoms with Crippen molar-refractivity contribution in [2.75, 3.05) is 0 Å². The number of hydrogen-bond acceptors (Lipinski definition) is 5. The van der Waals surface area contributed by atoms with Crippen molar-refractivity contribution in [2.24, 2.45) is 0 Å². The lowest BCUT2D eigenvalue weighted by Gasteiger charge is -1.97. The van der Waals surface area contributed by atoms with Crippen molar-refractivity contribution in [3.63, 3.8) is 0 Å². The zero-order valence-corrected chi connectivity index (χ0v) is 7.99. The molecule has 0 aliphatic carbocycles. The summed E-state index contributed by atoms with van der Waals surface area (Å²) in [4.78, 5) is 7.67. The van der Waals surface area contributed by atoms with Gasteiger partial charge in [0.05, 0.1) is 11.9 Å². The Morgan fingerprint density at radius 2 is 1.94 bits per heavy atom. The maximum Gasteiger partial charge on any atom is 0.470 e. The molecule has 16 heavy (non-hydrogen) atoms. The lowest BCUT2D eigenvalue weighted by atomic mass is 10.4. The fraction of sp³-hybridized carbons (Fsp3) is 0.250. The normalized spacial score (nSPS) is 11.8. The third-order valence-electron chi connectivity index (χ3n) is 1.64. The fourth-order valence-electron chi connectivity index (χ4n) is 1.01. The summed E-state index contributed by atoms with van der Waals surface area (Å²) in [6, 6.07) is 0. The molecule has 0 N–H and O–H groups in total. The maximum absolute atomic E-state index is 12.2. The fourth-order valence-corrected chi connectivity index (χ4v) is 1.01. The van der Waals surface area contributed by atoms with E-state index in [1.807, 2.05) is 0 Å².